The molecule has 102 valence electrons. The average molecular weight is 251 g/mol. The van der Waals surface area contributed by atoms with Gasteiger partial charge in [0.15, 0.2) is 0 Å². The van der Waals surface area contributed by atoms with Crippen LogP contribution in [0.2, 0.25) is 0 Å². The number of allylic oxidation sites excluding steroid dienone is 1. The third-order valence-corrected chi connectivity index (χ3v) is 2.73. The van der Waals surface area contributed by atoms with E-state index in [-0.39, 0.29) is 5.57 Å². The van der Waals surface area contributed by atoms with Gasteiger partial charge in [-0.2, -0.15) is 5.26 Å². The topological polar surface area (TPSA) is 50.1 Å². The van der Waals surface area contributed by atoms with Crippen molar-refractivity contribution in [1.29, 1.82) is 5.26 Å². The number of nitrogens with zero attached hydrogens (tertiary/aromatic N) is 1. The number of hydrogen-bond acceptors (Lipinski definition) is 3. The molecule has 0 unspecified atom stereocenters. The molecule has 3 heteroatoms. The molecule has 0 N–H and O–H groups in total. The number of nitriles is 1. The highest BCUT2D eigenvalue weighted by atomic mass is 16.5. The van der Waals surface area contributed by atoms with Crippen LogP contribution in [0.4, 0.5) is 0 Å². The van der Waals surface area contributed by atoms with Gasteiger partial charge in [-0.05, 0) is 19.3 Å². The van der Waals surface area contributed by atoms with Crippen LogP contribution in [0.3, 0.4) is 0 Å². The van der Waals surface area contributed by atoms with Crippen LogP contribution in [0.5, 0.6) is 0 Å². The maximum absolute atomic E-state index is 11.5. The summed E-state index contributed by atoms with van der Waals surface area (Å²) in [5.74, 6) is -0.473. The van der Waals surface area contributed by atoms with Gasteiger partial charge in [-0.3, -0.25) is 0 Å². The first-order chi connectivity index (χ1) is 8.76. The fourth-order valence-corrected chi connectivity index (χ4v) is 1.56. The summed E-state index contributed by atoms with van der Waals surface area (Å²) in [7, 11) is 0. The van der Waals surface area contributed by atoms with Gasteiger partial charge in [0.25, 0.3) is 0 Å². The molecule has 0 saturated carbocycles. The van der Waals surface area contributed by atoms with Gasteiger partial charge in [0.05, 0.1) is 6.61 Å². The molecule has 0 aliphatic rings. The van der Waals surface area contributed by atoms with Gasteiger partial charge in [0.1, 0.15) is 11.6 Å². The zero-order chi connectivity index (χ0) is 13.6. The van der Waals surface area contributed by atoms with Crippen molar-refractivity contribution in [1.82, 2.24) is 0 Å². The Morgan fingerprint density at radius 1 is 1.11 bits per heavy atom. The lowest BCUT2D eigenvalue weighted by atomic mass is 10.1. The molecular weight excluding hydrogens is 226 g/mol. The third-order valence-electron chi connectivity index (χ3n) is 2.73. The standard InChI is InChI=1S/C15H25NO2/c1-3-5-7-8-9-10-11-14(13-16)15(17)18-12-6-4-2/h11H,3-10,12H2,1-2H3/b14-11+. The second-order valence-corrected chi connectivity index (χ2v) is 4.42. The summed E-state index contributed by atoms with van der Waals surface area (Å²) in [5.41, 5.74) is 0.154. The predicted molar refractivity (Wildman–Crippen MR) is 72.9 cm³/mol. The number of rotatable bonds is 10. The number of hydrogen-bond donors (Lipinski definition) is 0. The van der Waals surface area contributed by atoms with Gasteiger partial charge < -0.3 is 4.74 Å². The van der Waals surface area contributed by atoms with Crippen molar-refractivity contribution < 1.29 is 9.53 Å². The molecule has 0 heterocycles. The van der Waals surface area contributed by atoms with Crippen molar-refractivity contribution in [2.45, 2.75) is 65.2 Å². The maximum Gasteiger partial charge on any atom is 0.348 e. The van der Waals surface area contributed by atoms with Crippen LogP contribution in [0.25, 0.3) is 0 Å². The van der Waals surface area contributed by atoms with Crippen molar-refractivity contribution in [3.8, 4) is 6.07 Å². The number of carbonyl (C=O) groups excluding carboxylic acids is 1. The highest BCUT2D eigenvalue weighted by molar-refractivity contribution is 5.92. The Morgan fingerprint density at radius 2 is 1.78 bits per heavy atom. The lowest BCUT2D eigenvalue weighted by molar-refractivity contribution is -0.138. The van der Waals surface area contributed by atoms with E-state index in [4.69, 9.17) is 10.00 Å². The molecule has 0 amide bonds. The maximum atomic E-state index is 11.5. The highest BCUT2D eigenvalue weighted by Gasteiger charge is 2.09. The SMILES string of the molecule is CCCCCCC/C=C(\C#N)C(=O)OCCCC. The molecule has 3 nitrogen and oxygen atoms in total. The van der Waals surface area contributed by atoms with E-state index in [1.165, 1.54) is 19.3 Å². The summed E-state index contributed by atoms with van der Waals surface area (Å²) in [4.78, 5) is 11.5. The first-order valence-corrected chi connectivity index (χ1v) is 7.03. The van der Waals surface area contributed by atoms with Crippen LogP contribution in [0, 0.1) is 11.3 Å². The minimum absolute atomic E-state index is 0.154. The Kier molecular flexibility index (Phi) is 11.3. The summed E-state index contributed by atoms with van der Waals surface area (Å²) < 4.78 is 5.00. The van der Waals surface area contributed by atoms with E-state index in [1.54, 1.807) is 6.08 Å². The van der Waals surface area contributed by atoms with E-state index < -0.39 is 5.97 Å². The Morgan fingerprint density at radius 3 is 2.39 bits per heavy atom. The van der Waals surface area contributed by atoms with E-state index in [0.29, 0.717) is 6.61 Å². The quantitative estimate of drug-likeness (QED) is 0.254. The molecule has 0 rings (SSSR count). The Balaban J connectivity index is 3.85. The number of ether oxygens (including phenoxy) is 1. The molecule has 0 aromatic carbocycles. The van der Waals surface area contributed by atoms with Crippen LogP contribution < -0.4 is 0 Å². The minimum Gasteiger partial charge on any atom is -0.462 e. The van der Waals surface area contributed by atoms with E-state index in [0.717, 1.165) is 32.1 Å². The molecule has 18 heavy (non-hydrogen) atoms. The highest BCUT2D eigenvalue weighted by Crippen LogP contribution is 2.08. The first-order valence-electron chi connectivity index (χ1n) is 7.03. The smallest absolute Gasteiger partial charge is 0.348 e. The molecular formula is C15H25NO2. The zero-order valence-electron chi connectivity index (χ0n) is 11.7. The minimum atomic E-state index is -0.473. The monoisotopic (exact) mass is 251 g/mol. The van der Waals surface area contributed by atoms with E-state index >= 15 is 0 Å². The van der Waals surface area contributed by atoms with Crippen molar-refractivity contribution >= 4 is 5.97 Å². The largest absolute Gasteiger partial charge is 0.462 e. The molecule has 0 aromatic heterocycles. The van der Waals surface area contributed by atoms with Crippen molar-refractivity contribution in [2.75, 3.05) is 6.61 Å². The molecule has 0 spiro atoms. The fraction of sp³-hybridized carbons (Fsp3) is 0.733. The molecule has 0 atom stereocenters. The summed E-state index contributed by atoms with van der Waals surface area (Å²) in [6, 6.07) is 1.92. The first kappa shape index (κ1) is 16.7. The summed E-state index contributed by atoms with van der Waals surface area (Å²) in [6.45, 7) is 4.62. The zero-order valence-corrected chi connectivity index (χ0v) is 11.7. The molecule has 0 bridgehead atoms. The molecule has 0 aromatic rings. The van der Waals surface area contributed by atoms with Crippen molar-refractivity contribution in [2.24, 2.45) is 0 Å². The fourth-order valence-electron chi connectivity index (χ4n) is 1.56. The van der Waals surface area contributed by atoms with Crippen LogP contribution in [0.1, 0.15) is 65.2 Å². The molecule has 0 saturated heterocycles. The third kappa shape index (κ3) is 8.81. The van der Waals surface area contributed by atoms with Gasteiger partial charge in [-0.15, -0.1) is 0 Å². The average Bonchev–Trinajstić information content (AvgIpc) is 2.38. The molecule has 0 aliphatic carbocycles. The predicted octanol–water partition coefficient (Wildman–Crippen LogP) is 4.14. The number of esters is 1. The van der Waals surface area contributed by atoms with Gasteiger partial charge in [-0.1, -0.05) is 52.0 Å². The molecule has 0 aliphatic heterocycles. The van der Waals surface area contributed by atoms with E-state index in [9.17, 15) is 4.79 Å². The van der Waals surface area contributed by atoms with Gasteiger partial charge >= 0.3 is 5.97 Å². The molecule has 0 radical (unpaired) electrons. The van der Waals surface area contributed by atoms with E-state index in [2.05, 4.69) is 6.92 Å². The second kappa shape index (κ2) is 12.2. The van der Waals surface area contributed by atoms with Gasteiger partial charge in [0, 0.05) is 0 Å². The normalized spacial score (nSPS) is 11.1. The lowest BCUT2D eigenvalue weighted by Gasteiger charge is -2.02. The lowest BCUT2D eigenvalue weighted by Crippen LogP contribution is -2.07. The number of unbranched alkanes of at least 4 members (excludes halogenated alkanes) is 6. The van der Waals surface area contributed by atoms with Gasteiger partial charge in [0.2, 0.25) is 0 Å². The summed E-state index contributed by atoms with van der Waals surface area (Å²) in [5, 5.41) is 8.87. The van der Waals surface area contributed by atoms with Crippen LogP contribution in [0.15, 0.2) is 11.6 Å². The van der Waals surface area contributed by atoms with Crippen LogP contribution in [-0.4, -0.2) is 12.6 Å². The molecule has 0 fully saturated rings. The van der Waals surface area contributed by atoms with Crippen LogP contribution in [-0.2, 0) is 9.53 Å². The van der Waals surface area contributed by atoms with E-state index in [1.807, 2.05) is 13.0 Å². The van der Waals surface area contributed by atoms with Crippen molar-refractivity contribution in [3.05, 3.63) is 11.6 Å². The van der Waals surface area contributed by atoms with Gasteiger partial charge in [-0.25, -0.2) is 4.79 Å². The Bertz CT molecular complexity index is 289. The Labute approximate surface area is 111 Å². The second-order valence-electron chi connectivity index (χ2n) is 4.42. The van der Waals surface area contributed by atoms with Crippen LogP contribution >= 0.6 is 0 Å². The summed E-state index contributed by atoms with van der Waals surface area (Å²) in [6.07, 6.45) is 10.2. The summed E-state index contributed by atoms with van der Waals surface area (Å²) >= 11 is 0. The Hall–Kier alpha value is -1.30. The van der Waals surface area contributed by atoms with Crippen molar-refractivity contribution in [3.63, 3.8) is 0 Å². The number of carbonyl (C=O) groups is 1.